The normalized spacial score (nSPS) is 41.0. The molecule has 0 aliphatic heterocycles. The van der Waals surface area contributed by atoms with E-state index in [0.717, 1.165) is 62.2 Å². The van der Waals surface area contributed by atoms with Crippen molar-refractivity contribution in [2.45, 2.75) is 130 Å². The SMILES string of the molecule is CCCC1CCC(C(F)(F)OC2CCC(C3CCC(C)CC3CC)C(CC)C2)CC1. The lowest BCUT2D eigenvalue weighted by atomic mass is 9.61. The van der Waals surface area contributed by atoms with Gasteiger partial charge in [0.1, 0.15) is 0 Å². The fraction of sp³-hybridized carbons (Fsp3) is 1.00. The summed E-state index contributed by atoms with van der Waals surface area (Å²) < 4.78 is 35.7. The van der Waals surface area contributed by atoms with Crippen LogP contribution in [0.1, 0.15) is 118 Å². The summed E-state index contributed by atoms with van der Waals surface area (Å²) in [4.78, 5) is 0. The summed E-state index contributed by atoms with van der Waals surface area (Å²) in [5, 5.41) is 0. The van der Waals surface area contributed by atoms with Crippen molar-refractivity contribution in [1.82, 2.24) is 0 Å². The van der Waals surface area contributed by atoms with Gasteiger partial charge >= 0.3 is 6.11 Å². The molecule has 0 aromatic heterocycles. The van der Waals surface area contributed by atoms with Crippen LogP contribution < -0.4 is 0 Å². The van der Waals surface area contributed by atoms with Gasteiger partial charge in [0.15, 0.2) is 0 Å². The monoisotopic (exact) mass is 426 g/mol. The molecule has 0 bridgehead atoms. The van der Waals surface area contributed by atoms with Crippen molar-refractivity contribution < 1.29 is 13.5 Å². The number of alkyl halides is 2. The molecule has 0 spiro atoms. The van der Waals surface area contributed by atoms with Gasteiger partial charge in [-0.3, -0.25) is 0 Å². The van der Waals surface area contributed by atoms with Gasteiger partial charge in [0.2, 0.25) is 0 Å². The van der Waals surface area contributed by atoms with E-state index in [-0.39, 0.29) is 6.10 Å². The van der Waals surface area contributed by atoms with Gasteiger partial charge in [-0.05, 0) is 93.3 Å². The minimum absolute atomic E-state index is 0.239. The van der Waals surface area contributed by atoms with E-state index in [9.17, 15) is 0 Å². The maximum atomic E-state index is 15.0. The highest BCUT2D eigenvalue weighted by Gasteiger charge is 2.46. The molecule has 6 unspecified atom stereocenters. The molecule has 3 aliphatic rings. The summed E-state index contributed by atoms with van der Waals surface area (Å²) in [7, 11) is 0. The Kier molecular flexibility index (Phi) is 9.05. The molecule has 30 heavy (non-hydrogen) atoms. The molecule has 0 aromatic carbocycles. The molecule has 176 valence electrons. The molecule has 0 saturated heterocycles. The highest BCUT2D eigenvalue weighted by molar-refractivity contribution is 4.90. The third-order valence-electron chi connectivity index (χ3n) is 9.24. The van der Waals surface area contributed by atoms with Crippen LogP contribution in [0, 0.1) is 41.4 Å². The molecule has 1 nitrogen and oxygen atoms in total. The highest BCUT2D eigenvalue weighted by Crippen LogP contribution is 2.49. The van der Waals surface area contributed by atoms with E-state index in [1.807, 2.05) is 0 Å². The van der Waals surface area contributed by atoms with Crippen molar-refractivity contribution in [3.63, 3.8) is 0 Å². The first-order valence-electron chi connectivity index (χ1n) is 13.4. The Labute approximate surface area is 185 Å². The second-order valence-electron chi connectivity index (χ2n) is 11.2. The van der Waals surface area contributed by atoms with Crippen molar-refractivity contribution in [3.05, 3.63) is 0 Å². The maximum absolute atomic E-state index is 15.0. The molecule has 0 N–H and O–H groups in total. The fourth-order valence-corrected chi connectivity index (χ4v) is 7.45. The number of hydrogen-bond donors (Lipinski definition) is 0. The topological polar surface area (TPSA) is 9.23 Å². The summed E-state index contributed by atoms with van der Waals surface area (Å²) in [5.74, 6) is 3.89. The minimum Gasteiger partial charge on any atom is -0.317 e. The number of rotatable bonds is 8. The Morgan fingerprint density at radius 1 is 0.767 bits per heavy atom. The van der Waals surface area contributed by atoms with Crippen LogP contribution in [-0.2, 0) is 4.74 Å². The molecular weight excluding hydrogens is 378 g/mol. The summed E-state index contributed by atoms with van der Waals surface area (Å²) in [6, 6.07) is 0. The predicted octanol–water partition coefficient (Wildman–Crippen LogP) is 8.86. The summed E-state index contributed by atoms with van der Waals surface area (Å²) >= 11 is 0. The predicted molar refractivity (Wildman–Crippen MR) is 122 cm³/mol. The zero-order valence-electron chi connectivity index (χ0n) is 20.2. The zero-order chi connectivity index (χ0) is 21.7. The van der Waals surface area contributed by atoms with Gasteiger partial charge in [0.25, 0.3) is 0 Å². The molecule has 3 aliphatic carbocycles. The van der Waals surface area contributed by atoms with Crippen LogP contribution in [-0.4, -0.2) is 12.2 Å². The lowest BCUT2D eigenvalue weighted by Crippen LogP contribution is -2.43. The van der Waals surface area contributed by atoms with Gasteiger partial charge in [-0.15, -0.1) is 0 Å². The van der Waals surface area contributed by atoms with Crippen LogP contribution in [0.25, 0.3) is 0 Å². The largest absolute Gasteiger partial charge is 0.358 e. The van der Waals surface area contributed by atoms with E-state index in [1.165, 1.54) is 38.5 Å². The Morgan fingerprint density at radius 3 is 1.97 bits per heavy atom. The van der Waals surface area contributed by atoms with Gasteiger partial charge in [0, 0.05) is 0 Å². The zero-order valence-corrected chi connectivity index (χ0v) is 20.2. The third-order valence-corrected chi connectivity index (χ3v) is 9.24. The van der Waals surface area contributed by atoms with E-state index in [0.29, 0.717) is 24.7 Å². The molecule has 0 aromatic rings. The number of hydrogen-bond acceptors (Lipinski definition) is 1. The second-order valence-corrected chi connectivity index (χ2v) is 11.2. The van der Waals surface area contributed by atoms with Gasteiger partial charge in [0.05, 0.1) is 12.0 Å². The Bertz CT molecular complexity index is 499. The standard InChI is InChI=1S/C27H48F2O/c1-5-8-20-10-12-23(13-11-20)27(28,29)30-24-14-16-26(22(7-3)18-24)25-15-9-19(4)17-21(25)6-2/h19-26H,5-18H2,1-4H3. The van der Waals surface area contributed by atoms with E-state index in [4.69, 9.17) is 4.74 Å². The van der Waals surface area contributed by atoms with Crippen molar-refractivity contribution in [3.8, 4) is 0 Å². The van der Waals surface area contributed by atoms with E-state index in [1.54, 1.807) is 0 Å². The van der Waals surface area contributed by atoms with Gasteiger partial charge in [-0.2, -0.15) is 8.78 Å². The molecule has 0 radical (unpaired) electrons. The molecule has 0 heterocycles. The average molecular weight is 427 g/mol. The molecule has 3 rings (SSSR count). The Hall–Kier alpha value is -0.180. The lowest BCUT2D eigenvalue weighted by molar-refractivity contribution is -0.304. The van der Waals surface area contributed by atoms with Crippen molar-refractivity contribution >= 4 is 0 Å². The summed E-state index contributed by atoms with van der Waals surface area (Å²) in [5.41, 5.74) is 0. The molecular formula is C27H48F2O. The first-order chi connectivity index (χ1) is 14.4. The van der Waals surface area contributed by atoms with Crippen LogP contribution in [0.2, 0.25) is 0 Å². The van der Waals surface area contributed by atoms with Crippen molar-refractivity contribution in [1.29, 1.82) is 0 Å². The smallest absolute Gasteiger partial charge is 0.317 e. The van der Waals surface area contributed by atoms with Crippen LogP contribution in [0.3, 0.4) is 0 Å². The van der Waals surface area contributed by atoms with E-state index < -0.39 is 12.0 Å². The van der Waals surface area contributed by atoms with Crippen LogP contribution in [0.15, 0.2) is 0 Å². The first-order valence-corrected chi connectivity index (χ1v) is 13.4. The van der Waals surface area contributed by atoms with Gasteiger partial charge < -0.3 is 4.74 Å². The lowest BCUT2D eigenvalue weighted by Gasteiger charge is -2.46. The third kappa shape index (κ3) is 5.99. The van der Waals surface area contributed by atoms with Crippen LogP contribution >= 0.6 is 0 Å². The molecule has 0 amide bonds. The van der Waals surface area contributed by atoms with Crippen molar-refractivity contribution in [2.75, 3.05) is 0 Å². The number of ether oxygens (including phenoxy) is 1. The summed E-state index contributed by atoms with van der Waals surface area (Å²) in [6.07, 6.45) is 11.6. The average Bonchev–Trinajstić information content (AvgIpc) is 2.74. The van der Waals surface area contributed by atoms with Gasteiger partial charge in [-0.25, -0.2) is 0 Å². The Balaban J connectivity index is 1.54. The maximum Gasteiger partial charge on any atom is 0.358 e. The molecule has 3 heteroatoms. The fourth-order valence-electron chi connectivity index (χ4n) is 7.45. The quantitative estimate of drug-likeness (QED) is 0.376. The van der Waals surface area contributed by atoms with E-state index in [2.05, 4.69) is 27.7 Å². The second kappa shape index (κ2) is 11.1. The Morgan fingerprint density at radius 2 is 1.37 bits per heavy atom. The molecule has 3 saturated carbocycles. The minimum atomic E-state index is -2.93. The van der Waals surface area contributed by atoms with Crippen molar-refractivity contribution in [2.24, 2.45) is 41.4 Å². The summed E-state index contributed by atoms with van der Waals surface area (Å²) in [6.45, 7) is 9.21. The van der Waals surface area contributed by atoms with Crippen LogP contribution in [0.5, 0.6) is 0 Å². The highest BCUT2D eigenvalue weighted by atomic mass is 19.3. The van der Waals surface area contributed by atoms with Gasteiger partial charge in [-0.1, -0.05) is 59.8 Å². The first kappa shape index (κ1) is 24.5. The molecule has 3 fully saturated rings. The molecule has 6 atom stereocenters. The van der Waals surface area contributed by atoms with E-state index >= 15 is 8.78 Å². The van der Waals surface area contributed by atoms with Crippen LogP contribution in [0.4, 0.5) is 8.78 Å². The number of halogens is 2.